The van der Waals surface area contributed by atoms with Gasteiger partial charge < -0.3 is 15.2 Å². The molecule has 0 bridgehead atoms. The van der Waals surface area contributed by atoms with Crippen molar-refractivity contribution in [3.63, 3.8) is 0 Å². The molecule has 7 nitrogen and oxygen atoms in total. The SMILES string of the molecule is C=CCN1C(=O)N/C(=C/c2ccc(OCc3cccc(C(=O)O)c3)c(Cl)c2)C1=O. The number of aromatic carboxylic acids is 1. The van der Waals surface area contributed by atoms with Gasteiger partial charge in [0.2, 0.25) is 0 Å². The number of imide groups is 1. The van der Waals surface area contributed by atoms with Crippen molar-refractivity contribution >= 4 is 35.6 Å². The average Bonchev–Trinajstić information content (AvgIpc) is 2.95. The molecule has 0 spiro atoms. The maximum absolute atomic E-state index is 12.2. The standard InChI is InChI=1S/C21H17ClN2O5/c1-2-8-24-19(25)17(23-21(24)28)11-13-6-7-18(16(22)10-13)29-12-14-4-3-5-15(9-14)20(26)27/h2-7,9-11H,1,8,12H2,(H,23,28)(H,26,27)/b17-11+. The quantitative estimate of drug-likeness (QED) is 0.410. The molecule has 1 aliphatic rings. The summed E-state index contributed by atoms with van der Waals surface area (Å²) < 4.78 is 5.67. The minimum absolute atomic E-state index is 0.124. The smallest absolute Gasteiger partial charge is 0.335 e. The summed E-state index contributed by atoms with van der Waals surface area (Å²) in [4.78, 5) is 36.1. The third-order valence-corrected chi connectivity index (χ3v) is 4.40. The van der Waals surface area contributed by atoms with E-state index < -0.39 is 17.9 Å². The summed E-state index contributed by atoms with van der Waals surface area (Å²) in [5.41, 5.74) is 1.62. The van der Waals surface area contributed by atoms with Crippen LogP contribution in [0.1, 0.15) is 21.5 Å². The van der Waals surface area contributed by atoms with Crippen LogP contribution in [-0.4, -0.2) is 34.5 Å². The highest BCUT2D eigenvalue weighted by atomic mass is 35.5. The van der Waals surface area contributed by atoms with Gasteiger partial charge in [-0.3, -0.25) is 9.69 Å². The van der Waals surface area contributed by atoms with Crippen LogP contribution in [0.3, 0.4) is 0 Å². The van der Waals surface area contributed by atoms with E-state index in [0.717, 1.165) is 4.90 Å². The van der Waals surface area contributed by atoms with Gasteiger partial charge in [-0.15, -0.1) is 6.58 Å². The number of hydrogen-bond acceptors (Lipinski definition) is 4. The highest BCUT2D eigenvalue weighted by Gasteiger charge is 2.32. The van der Waals surface area contributed by atoms with Gasteiger partial charge in [-0.2, -0.15) is 0 Å². The number of benzene rings is 2. The lowest BCUT2D eigenvalue weighted by molar-refractivity contribution is -0.122. The van der Waals surface area contributed by atoms with E-state index in [1.54, 1.807) is 30.3 Å². The van der Waals surface area contributed by atoms with Gasteiger partial charge in [-0.1, -0.05) is 35.9 Å². The molecule has 0 saturated carbocycles. The van der Waals surface area contributed by atoms with Gasteiger partial charge in [0.1, 0.15) is 18.1 Å². The Labute approximate surface area is 171 Å². The molecule has 3 rings (SSSR count). The first-order valence-electron chi connectivity index (χ1n) is 8.59. The Bertz CT molecular complexity index is 1030. The largest absolute Gasteiger partial charge is 0.487 e. The van der Waals surface area contributed by atoms with E-state index in [1.807, 2.05) is 0 Å². The molecular formula is C21H17ClN2O5. The molecule has 148 valence electrons. The van der Waals surface area contributed by atoms with E-state index >= 15 is 0 Å². The predicted octanol–water partition coefficient (Wildman–Crippen LogP) is 3.70. The van der Waals surface area contributed by atoms with Crippen LogP contribution in [0.15, 0.2) is 60.8 Å². The fourth-order valence-electron chi connectivity index (χ4n) is 2.71. The summed E-state index contributed by atoms with van der Waals surface area (Å²) >= 11 is 6.26. The number of carbonyl (C=O) groups is 3. The summed E-state index contributed by atoms with van der Waals surface area (Å²) in [6.07, 6.45) is 2.99. The van der Waals surface area contributed by atoms with E-state index in [1.165, 1.54) is 24.3 Å². The van der Waals surface area contributed by atoms with Crippen LogP contribution in [0, 0.1) is 0 Å². The Kier molecular flexibility index (Phi) is 5.99. The highest BCUT2D eigenvalue weighted by Crippen LogP contribution is 2.27. The van der Waals surface area contributed by atoms with Crippen molar-refractivity contribution in [3.8, 4) is 5.75 Å². The monoisotopic (exact) mass is 412 g/mol. The molecule has 0 aromatic heterocycles. The molecule has 29 heavy (non-hydrogen) atoms. The number of rotatable bonds is 7. The van der Waals surface area contributed by atoms with E-state index in [-0.39, 0.29) is 24.4 Å². The maximum atomic E-state index is 12.2. The average molecular weight is 413 g/mol. The third-order valence-electron chi connectivity index (χ3n) is 4.11. The number of carboxylic acids is 1. The number of nitrogens with one attached hydrogen (secondary N) is 1. The minimum Gasteiger partial charge on any atom is -0.487 e. The van der Waals surface area contributed by atoms with Crippen LogP contribution < -0.4 is 10.1 Å². The molecule has 1 saturated heterocycles. The van der Waals surface area contributed by atoms with Gasteiger partial charge in [-0.25, -0.2) is 9.59 Å². The molecule has 3 amide bonds. The number of nitrogens with zero attached hydrogens (tertiary/aromatic N) is 1. The van der Waals surface area contributed by atoms with Crippen LogP contribution >= 0.6 is 11.6 Å². The summed E-state index contributed by atoms with van der Waals surface area (Å²) in [7, 11) is 0. The van der Waals surface area contributed by atoms with Crippen molar-refractivity contribution in [2.75, 3.05) is 6.54 Å². The second-order valence-electron chi connectivity index (χ2n) is 6.18. The number of ether oxygens (including phenoxy) is 1. The zero-order valence-electron chi connectivity index (χ0n) is 15.2. The molecule has 1 heterocycles. The first kappa shape index (κ1) is 20.2. The van der Waals surface area contributed by atoms with Gasteiger partial charge in [0.25, 0.3) is 5.91 Å². The number of amides is 3. The third kappa shape index (κ3) is 4.64. The van der Waals surface area contributed by atoms with Gasteiger partial charge in [0.15, 0.2) is 0 Å². The van der Waals surface area contributed by atoms with Crippen molar-refractivity contribution < 1.29 is 24.2 Å². The topological polar surface area (TPSA) is 95.9 Å². The first-order chi connectivity index (χ1) is 13.9. The maximum Gasteiger partial charge on any atom is 0.335 e. The second-order valence-corrected chi connectivity index (χ2v) is 6.58. The Morgan fingerprint density at radius 2 is 2.03 bits per heavy atom. The molecule has 0 radical (unpaired) electrons. The molecule has 8 heteroatoms. The molecule has 2 N–H and O–H groups in total. The number of carboxylic acid groups (broad SMARTS) is 1. The lowest BCUT2D eigenvalue weighted by Gasteiger charge is -2.09. The fourth-order valence-corrected chi connectivity index (χ4v) is 2.96. The lowest BCUT2D eigenvalue weighted by Crippen LogP contribution is -2.30. The van der Waals surface area contributed by atoms with Crippen molar-refractivity contribution in [1.29, 1.82) is 0 Å². The molecule has 0 atom stereocenters. The summed E-state index contributed by atoms with van der Waals surface area (Å²) in [6.45, 7) is 3.79. The predicted molar refractivity (Wildman–Crippen MR) is 108 cm³/mol. The van der Waals surface area contributed by atoms with Gasteiger partial charge in [0.05, 0.1) is 10.6 Å². The lowest BCUT2D eigenvalue weighted by atomic mass is 10.1. The normalized spacial score (nSPS) is 14.8. The van der Waals surface area contributed by atoms with Gasteiger partial charge >= 0.3 is 12.0 Å². The second kappa shape index (κ2) is 8.62. The molecule has 0 unspecified atom stereocenters. The zero-order chi connectivity index (χ0) is 21.0. The Hall–Kier alpha value is -3.58. The summed E-state index contributed by atoms with van der Waals surface area (Å²) in [6, 6.07) is 10.8. The fraction of sp³-hybridized carbons (Fsp3) is 0.0952. The molecule has 0 aliphatic carbocycles. The number of halogens is 1. The van der Waals surface area contributed by atoms with Crippen LogP contribution in [0.4, 0.5) is 4.79 Å². The van der Waals surface area contributed by atoms with E-state index in [2.05, 4.69) is 11.9 Å². The van der Waals surface area contributed by atoms with Crippen molar-refractivity contribution in [1.82, 2.24) is 10.2 Å². The van der Waals surface area contributed by atoms with Crippen LogP contribution in [0.25, 0.3) is 6.08 Å². The molecule has 2 aromatic carbocycles. The van der Waals surface area contributed by atoms with Crippen molar-refractivity contribution in [2.24, 2.45) is 0 Å². The minimum atomic E-state index is -1.01. The van der Waals surface area contributed by atoms with E-state index in [4.69, 9.17) is 21.4 Å². The van der Waals surface area contributed by atoms with E-state index in [0.29, 0.717) is 21.9 Å². The summed E-state index contributed by atoms with van der Waals surface area (Å²) in [5, 5.41) is 11.9. The van der Waals surface area contributed by atoms with Crippen molar-refractivity contribution in [3.05, 3.63) is 82.5 Å². The first-order valence-corrected chi connectivity index (χ1v) is 8.97. The van der Waals surface area contributed by atoms with Gasteiger partial charge in [-0.05, 0) is 41.5 Å². The van der Waals surface area contributed by atoms with Crippen LogP contribution in [-0.2, 0) is 11.4 Å². The molecular weight excluding hydrogens is 396 g/mol. The number of hydrogen-bond donors (Lipinski definition) is 2. The van der Waals surface area contributed by atoms with Crippen LogP contribution in [0.5, 0.6) is 5.75 Å². The molecule has 2 aromatic rings. The van der Waals surface area contributed by atoms with E-state index in [9.17, 15) is 14.4 Å². The highest BCUT2D eigenvalue weighted by molar-refractivity contribution is 6.32. The van der Waals surface area contributed by atoms with Crippen molar-refractivity contribution in [2.45, 2.75) is 6.61 Å². The Morgan fingerprint density at radius 1 is 1.24 bits per heavy atom. The molecule has 1 fully saturated rings. The number of carbonyl (C=O) groups excluding carboxylic acids is 2. The zero-order valence-corrected chi connectivity index (χ0v) is 16.0. The van der Waals surface area contributed by atoms with Crippen LogP contribution in [0.2, 0.25) is 5.02 Å². The Morgan fingerprint density at radius 3 is 2.72 bits per heavy atom. The summed E-state index contributed by atoms with van der Waals surface area (Å²) in [5.74, 6) is -1.04. The molecule has 1 aliphatic heterocycles. The number of urea groups is 1. The Balaban J connectivity index is 1.71. The van der Waals surface area contributed by atoms with Gasteiger partial charge in [0, 0.05) is 6.54 Å².